The van der Waals surface area contributed by atoms with Crippen molar-refractivity contribution in [3.05, 3.63) is 16.1 Å². The van der Waals surface area contributed by atoms with Crippen LogP contribution in [0.2, 0.25) is 0 Å². The van der Waals surface area contributed by atoms with Crippen molar-refractivity contribution in [2.75, 3.05) is 20.2 Å². The summed E-state index contributed by atoms with van der Waals surface area (Å²) in [6.45, 7) is 3.63. The molecule has 5 nitrogen and oxygen atoms in total. The Kier molecular flexibility index (Phi) is 10.9. The molecule has 1 aromatic rings. The summed E-state index contributed by atoms with van der Waals surface area (Å²) in [4.78, 5) is 7.71. The number of alkyl halides is 3. The van der Waals surface area contributed by atoms with E-state index < -0.39 is 11.9 Å². The smallest absolute Gasteiger partial charge is 0.378 e. The van der Waals surface area contributed by atoms with Crippen LogP contribution < -0.4 is 10.6 Å². The van der Waals surface area contributed by atoms with Crippen LogP contribution in [0.3, 0.4) is 0 Å². The molecule has 0 amide bonds. The zero-order valence-corrected chi connectivity index (χ0v) is 18.8. The molecule has 0 saturated heterocycles. The Bertz CT molecular complexity index is 577. The van der Waals surface area contributed by atoms with Gasteiger partial charge in [0.2, 0.25) is 0 Å². The van der Waals surface area contributed by atoms with E-state index in [1.54, 1.807) is 7.05 Å². The fraction of sp³-hybridized carbons (Fsp3) is 0.765. The Morgan fingerprint density at radius 2 is 2.07 bits per heavy atom. The van der Waals surface area contributed by atoms with Gasteiger partial charge in [-0.15, -0.1) is 35.3 Å². The van der Waals surface area contributed by atoms with Crippen LogP contribution in [0.25, 0.3) is 0 Å². The standard InChI is InChI=1S/C17H27F3N4OS.HI/c1-3-25-13(12-6-4-5-7-12)8-9-22-16(21-2)23-10-15-24-14(11-26-15)17(18,19)20;/h11-13H,3-10H2,1-2H3,(H2,21,22,23);1H. The number of ether oxygens (including phenoxy) is 1. The summed E-state index contributed by atoms with van der Waals surface area (Å²) in [7, 11) is 1.63. The van der Waals surface area contributed by atoms with Crippen LogP contribution in [-0.4, -0.2) is 37.2 Å². The molecule has 1 atom stereocenters. The lowest BCUT2D eigenvalue weighted by molar-refractivity contribution is -0.140. The van der Waals surface area contributed by atoms with Crippen LogP contribution in [0, 0.1) is 5.92 Å². The second-order valence-electron chi connectivity index (χ2n) is 6.30. The summed E-state index contributed by atoms with van der Waals surface area (Å²) in [5.41, 5.74) is -0.849. The van der Waals surface area contributed by atoms with Crippen LogP contribution in [-0.2, 0) is 17.5 Å². The monoisotopic (exact) mass is 520 g/mol. The second kappa shape index (κ2) is 12.1. The Labute approximate surface area is 179 Å². The van der Waals surface area contributed by atoms with E-state index in [-0.39, 0.29) is 36.6 Å². The minimum absolute atomic E-state index is 0. The summed E-state index contributed by atoms with van der Waals surface area (Å²) in [6, 6.07) is 0. The van der Waals surface area contributed by atoms with Gasteiger partial charge in [-0.2, -0.15) is 13.2 Å². The molecule has 1 aliphatic rings. The molecule has 1 aliphatic carbocycles. The predicted octanol–water partition coefficient (Wildman–Crippen LogP) is 4.43. The zero-order chi connectivity index (χ0) is 19.0. The first kappa shape index (κ1) is 24.4. The molecule has 1 fully saturated rings. The van der Waals surface area contributed by atoms with Gasteiger partial charge in [-0.05, 0) is 32.1 Å². The van der Waals surface area contributed by atoms with Gasteiger partial charge in [0.1, 0.15) is 5.01 Å². The third kappa shape index (κ3) is 8.10. The molecule has 27 heavy (non-hydrogen) atoms. The number of guanidine groups is 1. The van der Waals surface area contributed by atoms with Crippen LogP contribution in [0.4, 0.5) is 13.2 Å². The van der Waals surface area contributed by atoms with Gasteiger partial charge in [0.15, 0.2) is 11.7 Å². The summed E-state index contributed by atoms with van der Waals surface area (Å²) in [5.74, 6) is 1.18. The minimum atomic E-state index is -4.40. The number of nitrogens with zero attached hydrogens (tertiary/aromatic N) is 2. The van der Waals surface area contributed by atoms with E-state index in [9.17, 15) is 13.2 Å². The molecule has 1 unspecified atom stereocenters. The van der Waals surface area contributed by atoms with Gasteiger partial charge in [0.05, 0.1) is 12.6 Å². The molecule has 1 heterocycles. The predicted molar refractivity (Wildman–Crippen MR) is 113 cm³/mol. The lowest BCUT2D eigenvalue weighted by atomic mass is 9.98. The van der Waals surface area contributed by atoms with Crippen LogP contribution in [0.15, 0.2) is 10.4 Å². The lowest BCUT2D eigenvalue weighted by Crippen LogP contribution is -2.39. The van der Waals surface area contributed by atoms with Gasteiger partial charge in [0, 0.05) is 25.6 Å². The summed E-state index contributed by atoms with van der Waals surface area (Å²) in [5, 5.41) is 7.61. The molecule has 0 radical (unpaired) electrons. The number of hydrogen-bond acceptors (Lipinski definition) is 4. The van der Waals surface area contributed by atoms with Gasteiger partial charge in [-0.3, -0.25) is 4.99 Å². The van der Waals surface area contributed by atoms with Crippen LogP contribution in [0.1, 0.15) is 49.7 Å². The van der Waals surface area contributed by atoms with Crippen molar-refractivity contribution < 1.29 is 17.9 Å². The Hall–Kier alpha value is -0.620. The Morgan fingerprint density at radius 1 is 1.37 bits per heavy atom. The highest BCUT2D eigenvalue weighted by molar-refractivity contribution is 14.0. The molecule has 0 spiro atoms. The number of nitrogens with one attached hydrogen (secondary N) is 2. The number of hydrogen-bond donors (Lipinski definition) is 2. The largest absolute Gasteiger partial charge is 0.434 e. The van der Waals surface area contributed by atoms with Crippen molar-refractivity contribution in [3.63, 3.8) is 0 Å². The van der Waals surface area contributed by atoms with Gasteiger partial charge in [-0.25, -0.2) is 4.98 Å². The van der Waals surface area contributed by atoms with Crippen molar-refractivity contribution in [2.24, 2.45) is 10.9 Å². The normalized spacial score (nSPS) is 16.9. The van der Waals surface area contributed by atoms with Gasteiger partial charge >= 0.3 is 6.18 Å². The van der Waals surface area contributed by atoms with Gasteiger partial charge < -0.3 is 15.4 Å². The average molecular weight is 520 g/mol. The maximum atomic E-state index is 12.6. The fourth-order valence-corrected chi connectivity index (χ4v) is 3.97. The van der Waals surface area contributed by atoms with Crippen molar-refractivity contribution in [2.45, 2.75) is 57.9 Å². The molecule has 0 aromatic carbocycles. The van der Waals surface area contributed by atoms with Crippen molar-refractivity contribution in [1.29, 1.82) is 0 Å². The number of aliphatic imine (C=N–C) groups is 1. The number of aromatic nitrogens is 1. The van der Waals surface area contributed by atoms with Gasteiger partial charge in [-0.1, -0.05) is 12.8 Å². The highest BCUT2D eigenvalue weighted by atomic mass is 127. The number of halogens is 4. The highest BCUT2D eigenvalue weighted by Crippen LogP contribution is 2.31. The third-order valence-corrected chi connectivity index (χ3v) is 5.35. The SMILES string of the molecule is CCOC(CCNC(=NC)NCc1nc(C(F)(F)F)cs1)C1CCCC1.I. The highest BCUT2D eigenvalue weighted by Gasteiger charge is 2.33. The molecule has 0 aliphatic heterocycles. The lowest BCUT2D eigenvalue weighted by Gasteiger charge is -2.23. The maximum absolute atomic E-state index is 12.6. The molecule has 156 valence electrons. The number of rotatable bonds is 8. The summed E-state index contributed by atoms with van der Waals surface area (Å²) in [6.07, 6.45) is 1.74. The fourth-order valence-electron chi connectivity index (χ4n) is 3.23. The summed E-state index contributed by atoms with van der Waals surface area (Å²) >= 11 is 0.985. The van der Waals surface area contributed by atoms with Crippen molar-refractivity contribution in [3.8, 4) is 0 Å². The van der Waals surface area contributed by atoms with Crippen LogP contribution >= 0.6 is 35.3 Å². The molecule has 2 rings (SSSR count). The first-order chi connectivity index (χ1) is 12.4. The molecule has 1 aromatic heterocycles. The molecular formula is C17H28F3IN4OS. The van der Waals surface area contributed by atoms with E-state index in [1.165, 1.54) is 25.7 Å². The quantitative estimate of drug-likeness (QED) is 0.303. The molecule has 2 N–H and O–H groups in total. The molecule has 1 saturated carbocycles. The Balaban J connectivity index is 0.00000364. The van der Waals surface area contributed by atoms with Crippen LogP contribution in [0.5, 0.6) is 0 Å². The first-order valence-corrected chi connectivity index (χ1v) is 9.89. The summed E-state index contributed by atoms with van der Waals surface area (Å²) < 4.78 is 43.6. The van der Waals surface area contributed by atoms with E-state index >= 15 is 0 Å². The average Bonchev–Trinajstić information content (AvgIpc) is 3.28. The van der Waals surface area contributed by atoms with Crippen molar-refractivity contribution >= 4 is 41.3 Å². The first-order valence-electron chi connectivity index (χ1n) is 9.01. The van der Waals surface area contributed by atoms with E-state index in [0.29, 0.717) is 30.0 Å². The van der Waals surface area contributed by atoms with E-state index in [4.69, 9.17) is 4.74 Å². The second-order valence-corrected chi connectivity index (χ2v) is 7.25. The molecule has 0 bridgehead atoms. The molecular weight excluding hydrogens is 492 g/mol. The topological polar surface area (TPSA) is 58.5 Å². The van der Waals surface area contributed by atoms with E-state index in [1.807, 2.05) is 6.92 Å². The van der Waals surface area contributed by atoms with E-state index in [2.05, 4.69) is 20.6 Å². The van der Waals surface area contributed by atoms with E-state index in [0.717, 1.165) is 23.1 Å². The minimum Gasteiger partial charge on any atom is -0.378 e. The Morgan fingerprint density at radius 3 is 2.63 bits per heavy atom. The maximum Gasteiger partial charge on any atom is 0.434 e. The molecule has 10 heteroatoms. The van der Waals surface area contributed by atoms with Crippen molar-refractivity contribution in [1.82, 2.24) is 15.6 Å². The number of thiazole rings is 1. The van der Waals surface area contributed by atoms with Gasteiger partial charge in [0.25, 0.3) is 0 Å². The third-order valence-electron chi connectivity index (χ3n) is 4.50. The zero-order valence-electron chi connectivity index (χ0n) is 15.6.